The van der Waals surface area contributed by atoms with Crippen LogP contribution in [0.3, 0.4) is 0 Å². The van der Waals surface area contributed by atoms with Crippen LogP contribution in [0.5, 0.6) is 0 Å². The van der Waals surface area contributed by atoms with Crippen molar-refractivity contribution in [1.82, 2.24) is 4.72 Å². The number of hydrogen-bond donors (Lipinski definition) is 1. The Hall–Kier alpha value is -0.990. The number of rotatable bonds is 4. The predicted molar refractivity (Wildman–Crippen MR) is 74.0 cm³/mol. The van der Waals surface area contributed by atoms with E-state index in [0.29, 0.717) is 0 Å². The molecular weight excluding hydrogens is 305 g/mol. The molecule has 1 aromatic carbocycles. The smallest absolute Gasteiger partial charge is 0.208 e. The summed E-state index contributed by atoms with van der Waals surface area (Å²) < 4.78 is 60.8. The molecule has 1 rings (SSSR count). The maximum absolute atomic E-state index is 12.7. The fraction of sp³-hybridized carbons (Fsp3) is 0.500. The van der Waals surface area contributed by atoms with Gasteiger partial charge in [0.25, 0.3) is 0 Å². The fourth-order valence-corrected chi connectivity index (χ4v) is 3.17. The molecule has 0 aliphatic heterocycles. The molecule has 0 bridgehead atoms. The number of hydrogen-bond acceptors (Lipinski definition) is 4. The van der Waals surface area contributed by atoms with Gasteiger partial charge in [0.1, 0.15) is 0 Å². The quantitative estimate of drug-likeness (QED) is 0.860. The Morgan fingerprint density at radius 2 is 1.40 bits per heavy atom. The lowest BCUT2D eigenvalue weighted by atomic mass is 9.89. The van der Waals surface area contributed by atoms with E-state index < -0.39 is 25.1 Å². The summed E-state index contributed by atoms with van der Waals surface area (Å²) in [4.78, 5) is -0.679. The van der Waals surface area contributed by atoms with Crippen molar-refractivity contribution in [2.24, 2.45) is 5.41 Å². The van der Waals surface area contributed by atoms with Crippen molar-refractivity contribution in [3.05, 3.63) is 24.3 Å². The molecule has 1 unspecified atom stereocenters. The van der Waals surface area contributed by atoms with Gasteiger partial charge >= 0.3 is 10.2 Å². The first-order chi connectivity index (χ1) is 8.84. The van der Waals surface area contributed by atoms with Gasteiger partial charge in [0.05, 0.1) is 9.79 Å². The molecule has 8 heteroatoms. The topological polar surface area (TPSA) is 80.3 Å². The van der Waals surface area contributed by atoms with Gasteiger partial charge in [-0.1, -0.05) is 20.8 Å². The summed E-state index contributed by atoms with van der Waals surface area (Å²) in [5.74, 6) is 0. The van der Waals surface area contributed by atoms with E-state index in [1.165, 1.54) is 0 Å². The molecule has 0 spiro atoms. The van der Waals surface area contributed by atoms with Crippen molar-refractivity contribution in [1.29, 1.82) is 0 Å². The maximum atomic E-state index is 12.7. The van der Waals surface area contributed by atoms with Crippen LogP contribution in [0, 0.1) is 5.41 Å². The van der Waals surface area contributed by atoms with Gasteiger partial charge in [-0.3, -0.25) is 0 Å². The molecule has 0 amide bonds. The highest BCUT2D eigenvalue weighted by molar-refractivity contribution is 7.89. The zero-order valence-corrected chi connectivity index (χ0v) is 13.3. The van der Waals surface area contributed by atoms with Crippen LogP contribution in [0.25, 0.3) is 0 Å². The van der Waals surface area contributed by atoms with Gasteiger partial charge in [0.15, 0.2) is 0 Å². The molecule has 0 fully saturated rings. The third kappa shape index (κ3) is 4.26. The maximum Gasteiger partial charge on any atom is 0.332 e. The highest BCUT2D eigenvalue weighted by Crippen LogP contribution is 2.22. The van der Waals surface area contributed by atoms with Gasteiger partial charge in [-0.15, -0.1) is 3.89 Å². The average molecular weight is 323 g/mol. The minimum Gasteiger partial charge on any atom is -0.208 e. The fourth-order valence-electron chi connectivity index (χ4n) is 1.26. The minimum absolute atomic E-state index is 0.110. The molecule has 0 saturated heterocycles. The molecule has 0 saturated carbocycles. The second-order valence-electron chi connectivity index (χ2n) is 5.62. The van der Waals surface area contributed by atoms with Crippen LogP contribution in [0.2, 0.25) is 0 Å². The lowest BCUT2D eigenvalue weighted by Crippen LogP contribution is -2.41. The van der Waals surface area contributed by atoms with E-state index in [1.54, 1.807) is 6.92 Å². The van der Waals surface area contributed by atoms with Gasteiger partial charge < -0.3 is 0 Å². The van der Waals surface area contributed by atoms with Crippen molar-refractivity contribution in [3.8, 4) is 0 Å². The van der Waals surface area contributed by atoms with E-state index in [2.05, 4.69) is 4.72 Å². The van der Waals surface area contributed by atoms with E-state index >= 15 is 0 Å². The molecule has 1 aromatic rings. The summed E-state index contributed by atoms with van der Waals surface area (Å²) in [7, 11) is -8.60. The zero-order valence-electron chi connectivity index (χ0n) is 11.7. The van der Waals surface area contributed by atoms with Crippen LogP contribution in [0.1, 0.15) is 27.7 Å². The first-order valence-corrected chi connectivity index (χ1v) is 8.78. The molecule has 0 aromatic heterocycles. The monoisotopic (exact) mass is 323 g/mol. The Morgan fingerprint density at radius 3 is 1.75 bits per heavy atom. The van der Waals surface area contributed by atoms with Crippen LogP contribution in [0.15, 0.2) is 34.1 Å². The van der Waals surface area contributed by atoms with Gasteiger partial charge in [0.2, 0.25) is 10.0 Å². The summed E-state index contributed by atoms with van der Waals surface area (Å²) in [6.45, 7) is 7.40. The molecule has 0 aliphatic rings. The lowest BCUT2D eigenvalue weighted by Gasteiger charge is -2.27. The molecule has 1 atom stereocenters. The highest BCUT2D eigenvalue weighted by atomic mass is 32.3. The van der Waals surface area contributed by atoms with Crippen molar-refractivity contribution in [2.75, 3.05) is 0 Å². The Bertz CT molecular complexity index is 673. The summed E-state index contributed by atoms with van der Waals surface area (Å²) >= 11 is 0. The van der Waals surface area contributed by atoms with Gasteiger partial charge in [-0.2, -0.15) is 8.42 Å². The molecule has 0 aliphatic carbocycles. The van der Waals surface area contributed by atoms with E-state index in [0.717, 1.165) is 24.3 Å². The largest absolute Gasteiger partial charge is 0.332 e. The number of sulfonamides is 1. The van der Waals surface area contributed by atoms with Crippen LogP contribution >= 0.6 is 0 Å². The molecule has 20 heavy (non-hydrogen) atoms. The van der Waals surface area contributed by atoms with E-state index in [9.17, 15) is 20.7 Å². The second-order valence-corrected chi connectivity index (χ2v) is 8.68. The third-order valence-corrected chi connectivity index (χ3v) is 5.44. The molecule has 0 radical (unpaired) electrons. The Labute approximate surface area is 119 Å². The second kappa shape index (κ2) is 5.42. The molecule has 5 nitrogen and oxygen atoms in total. The van der Waals surface area contributed by atoms with Gasteiger partial charge in [-0.05, 0) is 36.6 Å². The van der Waals surface area contributed by atoms with Crippen LogP contribution in [-0.4, -0.2) is 22.9 Å². The highest BCUT2D eigenvalue weighted by Gasteiger charge is 2.26. The SMILES string of the molecule is CC(NS(=O)(=O)c1ccc(S(=O)(=O)F)cc1)C(C)(C)C. The normalized spacial score (nSPS) is 15.1. The first-order valence-electron chi connectivity index (χ1n) is 5.91. The van der Waals surface area contributed by atoms with Crippen LogP contribution in [-0.2, 0) is 20.2 Å². The summed E-state index contributed by atoms with van der Waals surface area (Å²) in [6, 6.07) is 3.64. The van der Waals surface area contributed by atoms with Crippen molar-refractivity contribution in [2.45, 2.75) is 43.5 Å². The molecular formula is C12H18FNO4S2. The third-order valence-electron chi connectivity index (χ3n) is 3.05. The zero-order chi connectivity index (χ0) is 15.8. The number of benzene rings is 1. The van der Waals surface area contributed by atoms with Crippen LogP contribution < -0.4 is 4.72 Å². The summed E-state index contributed by atoms with van der Waals surface area (Å²) in [5.41, 5.74) is -0.269. The Balaban J connectivity index is 3.06. The molecule has 114 valence electrons. The minimum atomic E-state index is -4.83. The van der Waals surface area contributed by atoms with E-state index in [1.807, 2.05) is 20.8 Å². The van der Waals surface area contributed by atoms with E-state index in [-0.39, 0.29) is 16.4 Å². The summed E-state index contributed by atoms with van der Waals surface area (Å²) in [5, 5.41) is 0. The first kappa shape index (κ1) is 17.1. The van der Waals surface area contributed by atoms with Crippen molar-refractivity contribution >= 4 is 20.2 Å². The van der Waals surface area contributed by atoms with Crippen LogP contribution in [0.4, 0.5) is 3.89 Å². The van der Waals surface area contributed by atoms with Crippen molar-refractivity contribution < 1.29 is 20.7 Å². The van der Waals surface area contributed by atoms with Gasteiger partial charge in [-0.25, -0.2) is 13.1 Å². The van der Waals surface area contributed by atoms with E-state index in [4.69, 9.17) is 0 Å². The molecule has 1 N–H and O–H groups in total. The standard InChI is InChI=1S/C12H18FNO4S2/c1-9(12(2,3)4)14-20(17,18)11-7-5-10(6-8-11)19(13,15)16/h5-9,14H,1-4H3. The number of halogens is 1. The Kier molecular flexibility index (Phi) is 4.62. The average Bonchev–Trinajstić information content (AvgIpc) is 2.26. The lowest BCUT2D eigenvalue weighted by molar-refractivity contribution is 0.317. The number of nitrogens with one attached hydrogen (secondary N) is 1. The summed E-state index contributed by atoms with van der Waals surface area (Å²) in [6.07, 6.45) is 0. The predicted octanol–water partition coefficient (Wildman–Crippen LogP) is 2.06. The van der Waals surface area contributed by atoms with Gasteiger partial charge in [0, 0.05) is 6.04 Å². The Morgan fingerprint density at radius 1 is 1.00 bits per heavy atom. The van der Waals surface area contributed by atoms with Crippen molar-refractivity contribution in [3.63, 3.8) is 0 Å². The molecule has 0 heterocycles.